The largest absolute Gasteiger partial charge is 0.344 e. The van der Waals surface area contributed by atoms with Gasteiger partial charge in [-0.3, -0.25) is 0 Å². The van der Waals surface area contributed by atoms with E-state index in [0.29, 0.717) is 0 Å². The van der Waals surface area contributed by atoms with Gasteiger partial charge in [-0.1, -0.05) is 34.3 Å². The van der Waals surface area contributed by atoms with Crippen LogP contribution in [0.25, 0.3) is 0 Å². The second-order valence-electron chi connectivity index (χ2n) is 2.34. The molecule has 0 bridgehead atoms. The van der Waals surface area contributed by atoms with Gasteiger partial charge < -0.3 is 10.2 Å². The Bertz CT molecular complexity index is 181. The third-order valence-corrected chi connectivity index (χ3v) is 1.78. The monoisotopic (exact) mass is 184 g/mol. The van der Waals surface area contributed by atoms with Crippen molar-refractivity contribution in [3.8, 4) is 0 Å². The molecule has 0 aliphatic carbocycles. The fraction of sp³-hybridized carbons (Fsp3) is 0.636. The Morgan fingerprint density at radius 1 is 1.08 bits per heavy atom. The summed E-state index contributed by atoms with van der Waals surface area (Å²) in [5, 5.41) is 3.13. The molecule has 78 valence electrons. The zero-order valence-corrected chi connectivity index (χ0v) is 10.2. The highest BCUT2D eigenvalue weighted by atomic mass is 15.3. The van der Waals surface area contributed by atoms with E-state index >= 15 is 0 Å². The maximum atomic E-state index is 3.81. The third kappa shape index (κ3) is 4.02. The van der Waals surface area contributed by atoms with Gasteiger partial charge in [0.05, 0.1) is 0 Å². The highest BCUT2D eigenvalue weighted by molar-refractivity contribution is 5.22. The first kappa shape index (κ1) is 14.6. The highest BCUT2D eigenvalue weighted by Crippen LogP contribution is 2.17. The topological polar surface area (TPSA) is 15.3 Å². The summed E-state index contributed by atoms with van der Waals surface area (Å²) in [6.45, 7) is 15.9. The highest BCUT2D eigenvalue weighted by Gasteiger charge is 2.13. The van der Waals surface area contributed by atoms with E-state index in [2.05, 4.69) is 18.8 Å². The number of rotatable bonds is 0. The van der Waals surface area contributed by atoms with Crippen LogP contribution in [0.2, 0.25) is 0 Å². The first-order valence-electron chi connectivity index (χ1n) is 5.00. The predicted molar refractivity (Wildman–Crippen MR) is 61.1 cm³/mol. The van der Waals surface area contributed by atoms with Crippen LogP contribution in [0.5, 0.6) is 0 Å². The molecule has 1 N–H and O–H groups in total. The van der Waals surface area contributed by atoms with Crippen LogP contribution in [0.3, 0.4) is 0 Å². The molecule has 0 aromatic heterocycles. The molecule has 0 fully saturated rings. The van der Waals surface area contributed by atoms with Crippen LogP contribution in [0.1, 0.15) is 41.5 Å². The number of hydrogen-bond acceptors (Lipinski definition) is 2. The van der Waals surface area contributed by atoms with Crippen LogP contribution in [0.15, 0.2) is 23.8 Å². The maximum absolute atomic E-state index is 3.81. The molecule has 0 aromatic carbocycles. The predicted octanol–water partition coefficient (Wildman–Crippen LogP) is 3.30. The van der Waals surface area contributed by atoms with Crippen molar-refractivity contribution in [3.63, 3.8) is 0 Å². The molecular weight excluding hydrogens is 160 g/mol. The first-order chi connectivity index (χ1) is 6.13. The molecule has 1 heterocycles. The first-order valence-corrected chi connectivity index (χ1v) is 5.00. The van der Waals surface area contributed by atoms with Crippen molar-refractivity contribution in [2.45, 2.75) is 41.5 Å². The van der Waals surface area contributed by atoms with Crippen molar-refractivity contribution in [1.29, 1.82) is 0 Å². The Balaban J connectivity index is 0. The van der Waals surface area contributed by atoms with Crippen molar-refractivity contribution in [2.75, 3.05) is 7.05 Å². The molecule has 0 aromatic rings. The number of nitrogens with zero attached hydrogens (tertiary/aromatic N) is 1. The van der Waals surface area contributed by atoms with Gasteiger partial charge in [-0.2, -0.15) is 0 Å². The smallest absolute Gasteiger partial charge is 0.102 e. The van der Waals surface area contributed by atoms with Gasteiger partial charge in [0.1, 0.15) is 5.82 Å². The minimum atomic E-state index is 0.963. The molecule has 0 radical (unpaired) electrons. The molecule has 0 saturated heterocycles. The molecule has 13 heavy (non-hydrogen) atoms. The van der Waals surface area contributed by atoms with E-state index in [0.717, 1.165) is 5.82 Å². The Morgan fingerprint density at radius 2 is 1.46 bits per heavy atom. The summed E-state index contributed by atoms with van der Waals surface area (Å²) in [5.74, 6) is 0.963. The molecule has 0 amide bonds. The SMILES string of the molecule is C=C1NC(C)=C(C)N1C.CC.CC. The zero-order chi connectivity index (χ0) is 11.0. The third-order valence-electron chi connectivity index (χ3n) is 1.78. The molecule has 0 spiro atoms. The molecule has 0 saturated carbocycles. The van der Waals surface area contributed by atoms with Gasteiger partial charge in [-0.05, 0) is 13.8 Å². The quantitative estimate of drug-likeness (QED) is 0.621. The van der Waals surface area contributed by atoms with E-state index in [1.807, 2.05) is 46.6 Å². The Hall–Kier alpha value is -0.920. The Labute approximate surface area is 83.3 Å². The lowest BCUT2D eigenvalue weighted by atomic mass is 10.4. The summed E-state index contributed by atoms with van der Waals surface area (Å²) < 4.78 is 0. The average molecular weight is 184 g/mol. The van der Waals surface area contributed by atoms with Crippen LogP contribution >= 0.6 is 0 Å². The van der Waals surface area contributed by atoms with Gasteiger partial charge in [0, 0.05) is 18.4 Å². The van der Waals surface area contributed by atoms with Gasteiger partial charge in [0.15, 0.2) is 0 Å². The van der Waals surface area contributed by atoms with Crippen molar-refractivity contribution in [1.82, 2.24) is 10.2 Å². The van der Waals surface area contributed by atoms with E-state index < -0.39 is 0 Å². The molecule has 1 rings (SSSR count). The Kier molecular flexibility index (Phi) is 8.66. The normalized spacial score (nSPS) is 14.1. The van der Waals surface area contributed by atoms with Crippen LogP contribution in [-0.2, 0) is 0 Å². The van der Waals surface area contributed by atoms with Crippen LogP contribution < -0.4 is 5.32 Å². The number of hydrogen-bond donors (Lipinski definition) is 1. The van der Waals surface area contributed by atoms with E-state index in [4.69, 9.17) is 0 Å². The van der Waals surface area contributed by atoms with E-state index in [9.17, 15) is 0 Å². The van der Waals surface area contributed by atoms with Crippen LogP contribution in [0, 0.1) is 0 Å². The lowest BCUT2D eigenvalue weighted by molar-refractivity contribution is 0.532. The second-order valence-corrected chi connectivity index (χ2v) is 2.34. The minimum Gasteiger partial charge on any atom is -0.344 e. The minimum absolute atomic E-state index is 0.963. The Morgan fingerprint density at radius 3 is 1.54 bits per heavy atom. The summed E-state index contributed by atoms with van der Waals surface area (Å²) in [6.07, 6.45) is 0. The molecular formula is C11H24N2. The average Bonchev–Trinajstić information content (AvgIpc) is 2.40. The van der Waals surface area contributed by atoms with Crippen molar-refractivity contribution >= 4 is 0 Å². The molecule has 2 nitrogen and oxygen atoms in total. The van der Waals surface area contributed by atoms with Gasteiger partial charge in [-0.15, -0.1) is 0 Å². The molecule has 1 aliphatic heterocycles. The summed E-state index contributed by atoms with van der Waals surface area (Å²) in [5.41, 5.74) is 2.45. The van der Waals surface area contributed by atoms with E-state index in [-0.39, 0.29) is 0 Å². The van der Waals surface area contributed by atoms with Crippen LogP contribution in [-0.4, -0.2) is 11.9 Å². The van der Waals surface area contributed by atoms with E-state index in [1.54, 1.807) is 0 Å². The number of nitrogens with one attached hydrogen (secondary N) is 1. The zero-order valence-electron chi connectivity index (χ0n) is 10.2. The maximum Gasteiger partial charge on any atom is 0.102 e. The van der Waals surface area contributed by atoms with Gasteiger partial charge in [-0.25, -0.2) is 0 Å². The molecule has 2 heteroatoms. The second kappa shape index (κ2) is 7.71. The van der Waals surface area contributed by atoms with Gasteiger partial charge in [0.25, 0.3) is 0 Å². The fourth-order valence-electron chi connectivity index (χ4n) is 0.845. The summed E-state index contributed by atoms with van der Waals surface area (Å²) >= 11 is 0. The number of allylic oxidation sites excluding steroid dienone is 2. The standard InChI is InChI=1S/C7H12N2.2C2H6/c1-5-6(2)9(4)7(3)8-5;2*1-2/h8H,3H2,1-2,4H3;2*1-2H3. The van der Waals surface area contributed by atoms with Crippen molar-refractivity contribution in [2.24, 2.45) is 0 Å². The van der Waals surface area contributed by atoms with Gasteiger partial charge in [0.2, 0.25) is 0 Å². The molecule has 1 aliphatic rings. The van der Waals surface area contributed by atoms with Crippen LogP contribution in [0.4, 0.5) is 0 Å². The lowest BCUT2D eigenvalue weighted by Crippen LogP contribution is -2.14. The fourth-order valence-corrected chi connectivity index (χ4v) is 0.845. The van der Waals surface area contributed by atoms with Crippen molar-refractivity contribution in [3.05, 3.63) is 23.8 Å². The summed E-state index contributed by atoms with van der Waals surface area (Å²) in [4.78, 5) is 2.04. The lowest BCUT2D eigenvalue weighted by Gasteiger charge is -2.11. The molecule has 0 unspecified atom stereocenters. The molecule has 0 atom stereocenters. The van der Waals surface area contributed by atoms with Crippen molar-refractivity contribution < 1.29 is 0 Å². The van der Waals surface area contributed by atoms with E-state index in [1.165, 1.54) is 11.4 Å². The summed E-state index contributed by atoms with van der Waals surface area (Å²) in [6, 6.07) is 0. The summed E-state index contributed by atoms with van der Waals surface area (Å²) in [7, 11) is 2.00. The van der Waals surface area contributed by atoms with Gasteiger partial charge >= 0.3 is 0 Å².